The number of aliphatic hydroxyl groups is 2. The maximum atomic E-state index is 12.3. The zero-order valence-electron chi connectivity index (χ0n) is 18.1. The summed E-state index contributed by atoms with van der Waals surface area (Å²) in [5, 5.41) is 20.2. The first kappa shape index (κ1) is 24.5. The van der Waals surface area contributed by atoms with E-state index in [1.165, 1.54) is 38.5 Å². The molecule has 2 N–H and O–H groups in total. The largest absolute Gasteiger partial charge is 0.457 e. The van der Waals surface area contributed by atoms with Crippen LogP contribution in [-0.4, -0.2) is 72.6 Å². The number of carbonyl (C=O) groups excluding carboxylic acids is 1. The lowest BCUT2D eigenvalue weighted by Crippen LogP contribution is -2.70. The third kappa shape index (κ3) is 6.62. The number of hydrogen-bond acceptors (Lipinski definition) is 7. The highest BCUT2D eigenvalue weighted by Gasteiger charge is 2.61. The van der Waals surface area contributed by atoms with Crippen LogP contribution in [0.25, 0.3) is 0 Å². The SMILES string of the molecule is CCCCCCCCCCCC(=O)O[C@@H]1[C@@H](O)CO[C@@H]1[C@@]1(CO)OCC1OCC. The second-order valence-corrected chi connectivity index (χ2v) is 8.22. The Hall–Kier alpha value is -0.730. The highest BCUT2D eigenvalue weighted by atomic mass is 16.7. The van der Waals surface area contributed by atoms with E-state index in [2.05, 4.69) is 6.92 Å². The number of aliphatic hydroxyl groups excluding tert-OH is 2. The van der Waals surface area contributed by atoms with Crippen LogP contribution in [0, 0.1) is 0 Å². The fourth-order valence-corrected chi connectivity index (χ4v) is 4.20. The van der Waals surface area contributed by atoms with E-state index in [0.717, 1.165) is 19.3 Å². The van der Waals surface area contributed by atoms with E-state index in [0.29, 0.717) is 19.6 Å². The van der Waals surface area contributed by atoms with Crippen LogP contribution in [0.2, 0.25) is 0 Å². The lowest BCUT2D eigenvalue weighted by atomic mass is 9.83. The van der Waals surface area contributed by atoms with Gasteiger partial charge in [-0.15, -0.1) is 0 Å². The number of rotatable bonds is 15. The van der Waals surface area contributed by atoms with Gasteiger partial charge in [0.2, 0.25) is 0 Å². The molecule has 2 aliphatic rings. The Morgan fingerprint density at radius 3 is 2.24 bits per heavy atom. The summed E-state index contributed by atoms with van der Waals surface area (Å²) in [6.07, 6.45) is 8.07. The molecule has 1 unspecified atom stereocenters. The van der Waals surface area contributed by atoms with E-state index in [1.54, 1.807) is 0 Å². The van der Waals surface area contributed by atoms with Crippen molar-refractivity contribution in [2.45, 2.75) is 108 Å². The van der Waals surface area contributed by atoms with E-state index in [-0.39, 0.29) is 25.3 Å². The second kappa shape index (κ2) is 12.8. The molecule has 0 amide bonds. The molecule has 0 aromatic heterocycles. The Morgan fingerprint density at radius 2 is 1.69 bits per heavy atom. The van der Waals surface area contributed by atoms with Crippen molar-refractivity contribution in [3.05, 3.63) is 0 Å². The fourth-order valence-electron chi connectivity index (χ4n) is 4.20. The van der Waals surface area contributed by atoms with Gasteiger partial charge in [-0.1, -0.05) is 58.3 Å². The zero-order chi connectivity index (χ0) is 21.1. The highest BCUT2D eigenvalue weighted by Crippen LogP contribution is 2.40. The molecule has 0 aromatic carbocycles. The zero-order valence-corrected chi connectivity index (χ0v) is 18.1. The predicted molar refractivity (Wildman–Crippen MR) is 109 cm³/mol. The van der Waals surface area contributed by atoms with E-state index in [1.807, 2.05) is 6.92 Å². The van der Waals surface area contributed by atoms with Gasteiger partial charge in [0, 0.05) is 13.0 Å². The monoisotopic (exact) mass is 416 g/mol. The van der Waals surface area contributed by atoms with Gasteiger partial charge in [-0.2, -0.15) is 0 Å². The quantitative estimate of drug-likeness (QED) is 0.313. The average molecular weight is 417 g/mol. The van der Waals surface area contributed by atoms with Crippen LogP contribution in [0.4, 0.5) is 0 Å². The molecule has 0 saturated carbocycles. The predicted octanol–water partition coefficient (Wildman–Crippen LogP) is 2.75. The van der Waals surface area contributed by atoms with Crippen molar-refractivity contribution in [2.24, 2.45) is 0 Å². The molecule has 7 heteroatoms. The summed E-state index contributed by atoms with van der Waals surface area (Å²) in [5.74, 6) is -0.340. The van der Waals surface area contributed by atoms with Crippen molar-refractivity contribution < 1.29 is 34.0 Å². The molecule has 0 aliphatic carbocycles. The van der Waals surface area contributed by atoms with E-state index >= 15 is 0 Å². The fraction of sp³-hybridized carbons (Fsp3) is 0.955. The maximum absolute atomic E-state index is 12.3. The Balaban J connectivity index is 1.71. The molecule has 2 rings (SSSR count). The van der Waals surface area contributed by atoms with Gasteiger partial charge in [-0.3, -0.25) is 4.79 Å². The summed E-state index contributed by atoms with van der Waals surface area (Å²) in [6, 6.07) is 0. The van der Waals surface area contributed by atoms with E-state index in [4.69, 9.17) is 18.9 Å². The van der Waals surface area contributed by atoms with Crippen molar-refractivity contribution in [3.63, 3.8) is 0 Å². The summed E-state index contributed by atoms with van der Waals surface area (Å²) in [4.78, 5) is 12.3. The Morgan fingerprint density at radius 1 is 1.03 bits per heavy atom. The van der Waals surface area contributed by atoms with E-state index < -0.39 is 23.9 Å². The molecule has 2 fully saturated rings. The summed E-state index contributed by atoms with van der Waals surface area (Å²) in [6.45, 7) is 4.65. The van der Waals surface area contributed by atoms with Crippen LogP contribution in [0.1, 0.15) is 78.1 Å². The number of hydrogen-bond donors (Lipinski definition) is 2. The second-order valence-electron chi connectivity index (χ2n) is 8.22. The maximum Gasteiger partial charge on any atom is 0.306 e. The topological polar surface area (TPSA) is 94.5 Å². The third-order valence-corrected chi connectivity index (χ3v) is 6.02. The molecule has 0 radical (unpaired) electrons. The van der Waals surface area contributed by atoms with Crippen molar-refractivity contribution in [2.75, 3.05) is 26.4 Å². The minimum absolute atomic E-state index is 0.0462. The molecule has 2 heterocycles. The first-order valence-electron chi connectivity index (χ1n) is 11.4. The molecule has 0 aromatic rings. The van der Waals surface area contributed by atoms with Gasteiger partial charge >= 0.3 is 5.97 Å². The highest BCUT2D eigenvalue weighted by molar-refractivity contribution is 5.69. The minimum Gasteiger partial charge on any atom is -0.457 e. The average Bonchev–Trinajstić information content (AvgIpc) is 3.05. The lowest BCUT2D eigenvalue weighted by Gasteiger charge is -2.51. The van der Waals surface area contributed by atoms with Crippen molar-refractivity contribution in [1.82, 2.24) is 0 Å². The van der Waals surface area contributed by atoms with Crippen molar-refractivity contribution in [1.29, 1.82) is 0 Å². The normalized spacial score (nSPS) is 31.6. The molecule has 29 heavy (non-hydrogen) atoms. The molecular weight excluding hydrogens is 376 g/mol. The first-order chi connectivity index (χ1) is 14.1. The van der Waals surface area contributed by atoms with Gasteiger partial charge < -0.3 is 29.2 Å². The van der Waals surface area contributed by atoms with Gasteiger partial charge in [0.15, 0.2) is 6.10 Å². The standard InChI is InChI=1S/C22H40O7/c1-3-5-6-7-8-9-10-11-12-13-19(25)29-20-17(24)14-27-21(20)22(16-23)18(15-28-22)26-4-2/h17-18,20-21,23-24H,3-16H2,1-2H3/t17-,18?,20+,21-,22-/m0/s1. The number of ether oxygens (including phenoxy) is 4. The summed E-state index contributed by atoms with van der Waals surface area (Å²) in [7, 11) is 0. The number of esters is 1. The molecule has 2 saturated heterocycles. The molecule has 0 bridgehead atoms. The van der Waals surface area contributed by atoms with Gasteiger partial charge in [0.1, 0.15) is 23.9 Å². The number of unbranched alkanes of at least 4 members (excludes halogenated alkanes) is 8. The van der Waals surface area contributed by atoms with Crippen molar-refractivity contribution in [3.8, 4) is 0 Å². The van der Waals surface area contributed by atoms with Crippen LogP contribution in [0.5, 0.6) is 0 Å². The van der Waals surface area contributed by atoms with Crippen LogP contribution in [-0.2, 0) is 23.7 Å². The summed E-state index contributed by atoms with van der Waals surface area (Å²) < 4.78 is 22.5. The van der Waals surface area contributed by atoms with E-state index in [9.17, 15) is 15.0 Å². The lowest BCUT2D eigenvalue weighted by molar-refractivity contribution is -0.311. The van der Waals surface area contributed by atoms with Crippen LogP contribution < -0.4 is 0 Å². The summed E-state index contributed by atoms with van der Waals surface area (Å²) in [5.41, 5.74) is -1.09. The Bertz CT molecular complexity index is 468. The van der Waals surface area contributed by atoms with Gasteiger partial charge in [0.25, 0.3) is 0 Å². The Kier molecular flexibility index (Phi) is 10.9. The van der Waals surface area contributed by atoms with Gasteiger partial charge in [-0.25, -0.2) is 0 Å². The first-order valence-corrected chi connectivity index (χ1v) is 11.4. The molecule has 170 valence electrons. The smallest absolute Gasteiger partial charge is 0.306 e. The van der Waals surface area contributed by atoms with Crippen LogP contribution in [0.3, 0.4) is 0 Å². The molecule has 2 aliphatic heterocycles. The molecule has 0 spiro atoms. The van der Waals surface area contributed by atoms with Crippen molar-refractivity contribution >= 4 is 5.97 Å². The van der Waals surface area contributed by atoms with Crippen LogP contribution in [0.15, 0.2) is 0 Å². The minimum atomic E-state index is -1.09. The summed E-state index contributed by atoms with van der Waals surface area (Å²) >= 11 is 0. The molecule has 7 nitrogen and oxygen atoms in total. The van der Waals surface area contributed by atoms with Crippen LogP contribution >= 0.6 is 0 Å². The molecular formula is C22H40O7. The van der Waals surface area contributed by atoms with Gasteiger partial charge in [-0.05, 0) is 13.3 Å². The Labute approximate surface area is 175 Å². The van der Waals surface area contributed by atoms with Gasteiger partial charge in [0.05, 0.1) is 19.8 Å². The third-order valence-electron chi connectivity index (χ3n) is 6.02. The number of carbonyl (C=O) groups is 1. The molecule has 5 atom stereocenters.